The van der Waals surface area contributed by atoms with E-state index in [1.54, 1.807) is 12.1 Å². The van der Waals surface area contributed by atoms with Crippen LogP contribution in [-0.4, -0.2) is 47.6 Å². The van der Waals surface area contributed by atoms with E-state index in [0.29, 0.717) is 24.2 Å². The molecule has 5 N–H and O–H groups in total. The van der Waals surface area contributed by atoms with E-state index in [2.05, 4.69) is 41.5 Å². The van der Waals surface area contributed by atoms with Gasteiger partial charge in [0.2, 0.25) is 11.8 Å². The molecule has 0 saturated carbocycles. The number of nitrogens with two attached hydrogens (primary N) is 1. The lowest BCUT2D eigenvalue weighted by Crippen LogP contribution is -2.40. The molecule has 1 aliphatic heterocycles. The van der Waals surface area contributed by atoms with Gasteiger partial charge in [0.15, 0.2) is 6.29 Å². The highest BCUT2D eigenvalue weighted by Gasteiger charge is 2.33. The van der Waals surface area contributed by atoms with Gasteiger partial charge in [-0.05, 0) is 74.2 Å². The fourth-order valence-corrected chi connectivity index (χ4v) is 7.58. The summed E-state index contributed by atoms with van der Waals surface area (Å²) < 4.78 is 13.5. The smallest absolute Gasteiger partial charge is 0.224 e. The van der Waals surface area contributed by atoms with Crippen molar-refractivity contribution in [1.29, 1.82) is 0 Å². The number of aliphatic hydroxyl groups is 1. The van der Waals surface area contributed by atoms with Gasteiger partial charge in [-0.15, -0.1) is 0 Å². The first kappa shape index (κ1) is 45.9. The van der Waals surface area contributed by atoms with Crippen LogP contribution in [0.3, 0.4) is 0 Å². The van der Waals surface area contributed by atoms with Crippen molar-refractivity contribution in [2.75, 3.05) is 36.0 Å². The number of benzene rings is 3. The van der Waals surface area contributed by atoms with Gasteiger partial charge in [0, 0.05) is 37.1 Å². The molecular weight excluding hydrogens is 713 g/mol. The minimum Gasteiger partial charge on any atom is -0.397 e. The average molecular weight is 785 g/mol. The number of nitrogen functional groups attached to an aromatic ring is 1. The molecule has 1 saturated heterocycles. The van der Waals surface area contributed by atoms with E-state index in [1.807, 2.05) is 48.5 Å². The summed E-state index contributed by atoms with van der Waals surface area (Å²) in [5, 5.41) is 15.6. The SMILES string of the molecule is CCCCCCCCN(CCCCCCCC)CC1CC(c2ccc(CO)cc2)OC(c2cccc(NC(=O)CCCCCCC(=O)Nc3ccccc3N)c2)O1. The second-order valence-corrected chi connectivity index (χ2v) is 15.9. The van der Waals surface area contributed by atoms with Crippen molar-refractivity contribution in [3.8, 4) is 0 Å². The van der Waals surface area contributed by atoms with Crippen LogP contribution < -0.4 is 16.4 Å². The first-order valence-corrected chi connectivity index (χ1v) is 22.2. The van der Waals surface area contributed by atoms with E-state index in [4.69, 9.17) is 15.2 Å². The number of nitrogens with zero attached hydrogens (tertiary/aromatic N) is 1. The predicted octanol–water partition coefficient (Wildman–Crippen LogP) is 11.2. The molecule has 0 radical (unpaired) electrons. The number of para-hydroxylation sites is 2. The van der Waals surface area contributed by atoms with Gasteiger partial charge in [0.25, 0.3) is 0 Å². The molecule has 1 heterocycles. The van der Waals surface area contributed by atoms with Crippen LogP contribution >= 0.6 is 0 Å². The molecule has 4 rings (SSSR count). The van der Waals surface area contributed by atoms with Gasteiger partial charge in [0.05, 0.1) is 30.2 Å². The lowest BCUT2D eigenvalue weighted by atomic mass is 9.99. The number of rotatable bonds is 28. The van der Waals surface area contributed by atoms with E-state index in [9.17, 15) is 14.7 Å². The molecule has 0 aliphatic carbocycles. The van der Waals surface area contributed by atoms with Crippen molar-refractivity contribution >= 4 is 28.9 Å². The molecule has 1 fully saturated rings. The maximum absolute atomic E-state index is 13.0. The molecule has 9 nitrogen and oxygen atoms in total. The first-order chi connectivity index (χ1) is 27.9. The standard InChI is InChI=1S/C48H72N4O5/c1-3-5-7-9-13-19-32-52(33-20-14-10-8-6-4-2)36-42-35-45(39-30-28-38(37-53)29-31-39)57-48(56-42)40-22-21-23-41(34-40)50-46(54)26-15-11-12-16-27-47(55)51-44-25-18-17-24-43(44)49/h17-18,21-25,28-31,34,42,45,48,53H,3-16,19-20,26-27,32-33,35-37,49H2,1-2H3,(H,50,54)(H,51,55). The van der Waals surface area contributed by atoms with Crippen molar-refractivity contribution in [1.82, 2.24) is 4.90 Å². The average Bonchev–Trinajstić information content (AvgIpc) is 3.22. The molecule has 314 valence electrons. The van der Waals surface area contributed by atoms with Gasteiger partial charge in [-0.3, -0.25) is 9.59 Å². The fraction of sp³-hybridized carbons (Fsp3) is 0.583. The summed E-state index contributed by atoms with van der Waals surface area (Å²) in [7, 11) is 0. The van der Waals surface area contributed by atoms with Crippen molar-refractivity contribution in [3.05, 3.63) is 89.5 Å². The molecule has 0 bridgehead atoms. The largest absolute Gasteiger partial charge is 0.397 e. The zero-order valence-electron chi connectivity index (χ0n) is 35.0. The number of ether oxygens (including phenoxy) is 2. The molecule has 9 heteroatoms. The Morgan fingerprint density at radius 3 is 1.91 bits per heavy atom. The van der Waals surface area contributed by atoms with Crippen LogP contribution in [0.4, 0.5) is 17.1 Å². The molecule has 1 aliphatic rings. The first-order valence-electron chi connectivity index (χ1n) is 22.2. The second-order valence-electron chi connectivity index (χ2n) is 15.9. The predicted molar refractivity (Wildman–Crippen MR) is 234 cm³/mol. The molecule has 2 amide bonds. The number of carbonyl (C=O) groups is 2. The number of amides is 2. The maximum Gasteiger partial charge on any atom is 0.224 e. The molecule has 3 atom stereocenters. The van der Waals surface area contributed by atoms with Crippen LogP contribution in [0.1, 0.15) is 165 Å². The lowest BCUT2D eigenvalue weighted by molar-refractivity contribution is -0.253. The van der Waals surface area contributed by atoms with Crippen LogP contribution in [0.2, 0.25) is 0 Å². The Labute approximate surface area is 343 Å². The van der Waals surface area contributed by atoms with Crippen LogP contribution in [0.25, 0.3) is 0 Å². The van der Waals surface area contributed by atoms with E-state index < -0.39 is 6.29 Å². The Morgan fingerprint density at radius 1 is 0.684 bits per heavy atom. The van der Waals surface area contributed by atoms with Crippen molar-refractivity contribution < 1.29 is 24.2 Å². The second kappa shape index (κ2) is 27.0. The Balaban J connectivity index is 1.33. The van der Waals surface area contributed by atoms with Gasteiger partial charge in [-0.1, -0.05) is 139 Å². The van der Waals surface area contributed by atoms with Crippen molar-refractivity contribution in [2.24, 2.45) is 0 Å². The summed E-state index contributed by atoms with van der Waals surface area (Å²) in [5.74, 6) is -0.0814. The van der Waals surface area contributed by atoms with Gasteiger partial charge >= 0.3 is 0 Å². The van der Waals surface area contributed by atoms with Crippen LogP contribution in [0, 0.1) is 0 Å². The van der Waals surface area contributed by atoms with E-state index in [0.717, 1.165) is 74.1 Å². The minimum atomic E-state index is -0.580. The summed E-state index contributed by atoms with van der Waals surface area (Å²) in [6, 6.07) is 23.2. The molecule has 3 aromatic carbocycles. The highest BCUT2D eigenvalue weighted by Crippen LogP contribution is 2.39. The molecule has 3 unspecified atom stereocenters. The van der Waals surface area contributed by atoms with Gasteiger partial charge < -0.3 is 35.8 Å². The fourth-order valence-electron chi connectivity index (χ4n) is 7.58. The van der Waals surface area contributed by atoms with Gasteiger partial charge in [-0.25, -0.2) is 0 Å². The molecule has 3 aromatic rings. The Morgan fingerprint density at radius 2 is 1.28 bits per heavy atom. The van der Waals surface area contributed by atoms with E-state index in [1.165, 1.54) is 77.0 Å². The summed E-state index contributed by atoms with van der Waals surface area (Å²) in [5.41, 5.74) is 10.7. The Kier molecular flexibility index (Phi) is 21.8. The van der Waals surface area contributed by atoms with E-state index in [-0.39, 0.29) is 30.6 Å². The normalized spacial score (nSPS) is 16.8. The highest BCUT2D eigenvalue weighted by atomic mass is 16.7. The van der Waals surface area contributed by atoms with Gasteiger partial charge in [0.1, 0.15) is 0 Å². The highest BCUT2D eigenvalue weighted by molar-refractivity contribution is 5.93. The maximum atomic E-state index is 13.0. The van der Waals surface area contributed by atoms with Crippen LogP contribution in [-0.2, 0) is 25.7 Å². The number of hydrogen-bond acceptors (Lipinski definition) is 7. The van der Waals surface area contributed by atoms with Crippen LogP contribution in [0.15, 0.2) is 72.8 Å². The van der Waals surface area contributed by atoms with E-state index >= 15 is 0 Å². The summed E-state index contributed by atoms with van der Waals surface area (Å²) in [4.78, 5) is 27.9. The minimum absolute atomic E-state index is 0.00863. The van der Waals surface area contributed by atoms with Crippen molar-refractivity contribution in [3.63, 3.8) is 0 Å². The quantitative estimate of drug-likeness (QED) is 0.0426. The third-order valence-electron chi connectivity index (χ3n) is 11.0. The number of anilines is 3. The summed E-state index contributed by atoms with van der Waals surface area (Å²) >= 11 is 0. The zero-order valence-corrected chi connectivity index (χ0v) is 35.0. The van der Waals surface area contributed by atoms with Gasteiger partial charge in [-0.2, -0.15) is 0 Å². The Bertz CT molecular complexity index is 1550. The zero-order chi connectivity index (χ0) is 40.5. The topological polar surface area (TPSA) is 126 Å². The number of nitrogens with one attached hydrogen (secondary N) is 2. The number of unbranched alkanes of at least 4 members (excludes halogenated alkanes) is 13. The Hall–Kier alpha value is -3.76. The molecule has 0 spiro atoms. The molecule has 57 heavy (non-hydrogen) atoms. The third-order valence-corrected chi connectivity index (χ3v) is 11.0. The summed E-state index contributed by atoms with van der Waals surface area (Å²) in [6.07, 6.45) is 19.5. The lowest BCUT2D eigenvalue weighted by Gasteiger charge is -2.38. The molecule has 0 aromatic heterocycles. The van der Waals surface area contributed by atoms with Crippen LogP contribution in [0.5, 0.6) is 0 Å². The van der Waals surface area contributed by atoms with Crippen molar-refractivity contribution in [2.45, 2.75) is 161 Å². The number of carbonyl (C=O) groups excluding carboxylic acids is 2. The summed E-state index contributed by atoms with van der Waals surface area (Å²) in [6.45, 7) is 7.58. The number of hydrogen-bond donors (Lipinski definition) is 4. The number of aliphatic hydroxyl groups excluding tert-OH is 1. The monoisotopic (exact) mass is 785 g/mol. The molecular formula is C48H72N4O5. The third kappa shape index (κ3) is 17.7.